The molecule has 1 aliphatic heterocycles. The SMILES string of the molecule is COc1ccc(C[C@H]2NC(=O)C=CC[C@@H]([C@H](C)[C@@H](O)[C@@H](Cl)c3ccccc3)CC(=O)[C@H](CC(C)C)OC(=O)[C@H](C)CNC2=O)cc1Cl. The van der Waals surface area contributed by atoms with Gasteiger partial charge in [0.25, 0.3) is 0 Å². The van der Waals surface area contributed by atoms with Crippen LogP contribution < -0.4 is 15.4 Å². The summed E-state index contributed by atoms with van der Waals surface area (Å²) in [5.74, 6) is -3.05. The van der Waals surface area contributed by atoms with Gasteiger partial charge in [-0.05, 0) is 59.9 Å². The number of amides is 2. The van der Waals surface area contributed by atoms with E-state index in [4.69, 9.17) is 32.7 Å². The van der Waals surface area contributed by atoms with E-state index in [0.29, 0.717) is 22.8 Å². The molecular formula is C36H46Cl2N2O7. The Morgan fingerprint density at radius 1 is 1.06 bits per heavy atom. The van der Waals surface area contributed by atoms with Gasteiger partial charge in [0.05, 0.1) is 29.5 Å². The van der Waals surface area contributed by atoms with Gasteiger partial charge in [0.2, 0.25) is 11.8 Å². The zero-order chi connectivity index (χ0) is 34.7. The molecule has 7 atom stereocenters. The molecule has 0 bridgehead atoms. The van der Waals surface area contributed by atoms with E-state index in [1.807, 2.05) is 51.1 Å². The van der Waals surface area contributed by atoms with Crippen LogP contribution in [0, 0.1) is 23.7 Å². The Morgan fingerprint density at radius 2 is 1.77 bits per heavy atom. The number of benzene rings is 2. The summed E-state index contributed by atoms with van der Waals surface area (Å²) in [5, 5.41) is 16.4. The Morgan fingerprint density at radius 3 is 2.40 bits per heavy atom. The summed E-state index contributed by atoms with van der Waals surface area (Å²) >= 11 is 13.0. The molecular weight excluding hydrogens is 643 g/mol. The van der Waals surface area contributed by atoms with Crippen LogP contribution in [0.4, 0.5) is 0 Å². The van der Waals surface area contributed by atoms with Crippen LogP contribution >= 0.6 is 23.2 Å². The lowest BCUT2D eigenvalue weighted by molar-refractivity contribution is -0.160. The number of ketones is 1. The summed E-state index contributed by atoms with van der Waals surface area (Å²) in [6.45, 7) is 7.23. The molecule has 2 amide bonds. The Balaban J connectivity index is 1.92. The van der Waals surface area contributed by atoms with Crippen molar-refractivity contribution in [3.63, 3.8) is 0 Å². The molecule has 1 aliphatic rings. The van der Waals surface area contributed by atoms with Crippen LogP contribution in [0.2, 0.25) is 5.02 Å². The molecule has 256 valence electrons. The summed E-state index contributed by atoms with van der Waals surface area (Å²) in [5.41, 5.74) is 1.43. The fourth-order valence-electron chi connectivity index (χ4n) is 5.49. The largest absolute Gasteiger partial charge is 0.495 e. The molecule has 0 saturated heterocycles. The van der Waals surface area contributed by atoms with Crippen LogP contribution in [0.5, 0.6) is 5.75 Å². The number of hydrogen-bond acceptors (Lipinski definition) is 7. The maximum atomic E-state index is 13.7. The standard InChI is InChI=1S/C36H46Cl2N2O7/c1-21(2)16-31-29(41)19-26(23(4)34(43)33(38)25-10-7-6-8-11-25)12-9-13-32(42)40-28(35(44)39-20-22(3)36(45)47-31)18-24-14-15-30(46-5)27(37)17-24/h6-11,13-15,17,21-23,26,28,31,33-34,43H,12,16,18-20H2,1-5H3,(H,39,44)(H,40,42)/t22-,23+,26-,28-,31+,33+,34-/m1/s1. The second-order valence-electron chi connectivity index (χ2n) is 12.7. The number of aliphatic hydroxyl groups excluding tert-OH is 1. The number of ether oxygens (including phenoxy) is 2. The highest BCUT2D eigenvalue weighted by molar-refractivity contribution is 6.32. The number of Topliss-reactive ketones (excluding diaryl/α,β-unsaturated/α-hetero) is 1. The lowest BCUT2D eigenvalue weighted by Gasteiger charge is -2.31. The smallest absolute Gasteiger partial charge is 0.311 e. The van der Waals surface area contributed by atoms with Crippen molar-refractivity contribution in [2.45, 2.75) is 77.0 Å². The van der Waals surface area contributed by atoms with Crippen LogP contribution in [0.3, 0.4) is 0 Å². The third-order valence-electron chi connectivity index (χ3n) is 8.45. The molecule has 3 rings (SSSR count). The number of cyclic esters (lactones) is 1. The molecule has 0 saturated carbocycles. The molecule has 0 aliphatic carbocycles. The quantitative estimate of drug-likeness (QED) is 0.231. The summed E-state index contributed by atoms with van der Waals surface area (Å²) in [6.07, 6.45) is 1.63. The van der Waals surface area contributed by atoms with Crippen molar-refractivity contribution < 1.29 is 33.8 Å². The monoisotopic (exact) mass is 688 g/mol. The Bertz CT molecular complexity index is 1400. The maximum absolute atomic E-state index is 13.7. The predicted molar refractivity (Wildman–Crippen MR) is 182 cm³/mol. The number of allylic oxidation sites excluding steroid dienone is 1. The van der Waals surface area contributed by atoms with Gasteiger partial charge >= 0.3 is 5.97 Å². The van der Waals surface area contributed by atoms with Crippen molar-refractivity contribution in [1.82, 2.24) is 10.6 Å². The highest BCUT2D eigenvalue weighted by Crippen LogP contribution is 2.35. The number of alkyl halides is 1. The summed E-state index contributed by atoms with van der Waals surface area (Å²) in [4.78, 5) is 53.3. The molecule has 2 aromatic carbocycles. The summed E-state index contributed by atoms with van der Waals surface area (Å²) < 4.78 is 11.0. The zero-order valence-corrected chi connectivity index (χ0v) is 29.1. The molecule has 0 spiro atoms. The van der Waals surface area contributed by atoms with Gasteiger partial charge in [0, 0.05) is 19.4 Å². The Labute approximate surface area is 287 Å². The molecule has 2 aromatic rings. The molecule has 11 heteroatoms. The third kappa shape index (κ3) is 11.4. The van der Waals surface area contributed by atoms with Crippen LogP contribution in [0.25, 0.3) is 0 Å². The molecule has 0 aromatic heterocycles. The first-order valence-corrected chi connectivity index (χ1v) is 16.8. The highest BCUT2D eigenvalue weighted by atomic mass is 35.5. The van der Waals surface area contributed by atoms with Crippen molar-refractivity contribution in [3.05, 3.63) is 76.8 Å². The van der Waals surface area contributed by atoms with E-state index in [1.54, 1.807) is 31.2 Å². The van der Waals surface area contributed by atoms with E-state index in [9.17, 15) is 24.3 Å². The maximum Gasteiger partial charge on any atom is 0.311 e. The second kappa shape index (κ2) is 18.2. The minimum absolute atomic E-state index is 0.000772. The third-order valence-corrected chi connectivity index (χ3v) is 9.25. The Kier molecular flexibility index (Phi) is 14.8. The fourth-order valence-corrected chi connectivity index (χ4v) is 6.15. The number of esters is 1. The first-order chi connectivity index (χ1) is 22.3. The predicted octanol–water partition coefficient (Wildman–Crippen LogP) is 5.60. The van der Waals surface area contributed by atoms with Gasteiger partial charge in [-0.1, -0.05) is 81.8 Å². The van der Waals surface area contributed by atoms with Gasteiger partial charge in [0.1, 0.15) is 11.8 Å². The number of aliphatic hydroxyl groups is 1. The number of carbonyl (C=O) groups excluding carboxylic acids is 4. The van der Waals surface area contributed by atoms with Gasteiger partial charge in [0.15, 0.2) is 11.9 Å². The van der Waals surface area contributed by atoms with E-state index in [1.165, 1.54) is 13.2 Å². The Hall–Kier alpha value is -3.40. The van der Waals surface area contributed by atoms with E-state index in [2.05, 4.69) is 10.6 Å². The number of rotatable bonds is 9. The van der Waals surface area contributed by atoms with E-state index in [0.717, 1.165) is 5.56 Å². The van der Waals surface area contributed by atoms with Crippen LogP contribution in [0.15, 0.2) is 60.7 Å². The van der Waals surface area contributed by atoms with Gasteiger partial charge in [-0.25, -0.2) is 0 Å². The van der Waals surface area contributed by atoms with Crippen LogP contribution in [0.1, 0.15) is 63.5 Å². The topological polar surface area (TPSA) is 131 Å². The first-order valence-electron chi connectivity index (χ1n) is 16.0. The lowest BCUT2D eigenvalue weighted by atomic mass is 9.80. The highest BCUT2D eigenvalue weighted by Gasteiger charge is 2.34. The van der Waals surface area contributed by atoms with Crippen LogP contribution in [-0.4, -0.2) is 60.6 Å². The summed E-state index contributed by atoms with van der Waals surface area (Å²) in [7, 11) is 1.50. The molecule has 0 unspecified atom stereocenters. The number of nitrogens with one attached hydrogen (secondary N) is 2. The molecule has 3 N–H and O–H groups in total. The van der Waals surface area contributed by atoms with E-state index in [-0.39, 0.29) is 37.5 Å². The van der Waals surface area contributed by atoms with Gasteiger partial charge in [-0.2, -0.15) is 0 Å². The zero-order valence-electron chi connectivity index (χ0n) is 27.6. The van der Waals surface area contributed by atoms with E-state index >= 15 is 0 Å². The number of halogens is 2. The molecule has 1 heterocycles. The number of carbonyl (C=O) groups is 4. The van der Waals surface area contributed by atoms with Gasteiger partial charge in [-0.3, -0.25) is 19.2 Å². The second-order valence-corrected chi connectivity index (χ2v) is 13.5. The molecule has 0 fully saturated rings. The van der Waals surface area contributed by atoms with Crippen molar-refractivity contribution in [2.24, 2.45) is 23.7 Å². The van der Waals surface area contributed by atoms with Gasteiger partial charge < -0.3 is 25.2 Å². The minimum Gasteiger partial charge on any atom is -0.495 e. The fraction of sp³-hybridized carbons (Fsp3) is 0.500. The number of hydrogen-bond donors (Lipinski definition) is 3. The minimum atomic E-state index is -1.01. The summed E-state index contributed by atoms with van der Waals surface area (Å²) in [6, 6.07) is 13.3. The van der Waals surface area contributed by atoms with Crippen molar-refractivity contribution in [2.75, 3.05) is 13.7 Å². The number of methoxy groups -OCH3 is 1. The van der Waals surface area contributed by atoms with E-state index < -0.39 is 59.2 Å². The molecule has 9 nitrogen and oxygen atoms in total. The average molecular weight is 690 g/mol. The average Bonchev–Trinajstić information content (AvgIpc) is 3.04. The first kappa shape index (κ1) is 38.1. The molecule has 47 heavy (non-hydrogen) atoms. The van der Waals surface area contributed by atoms with Gasteiger partial charge in [-0.15, -0.1) is 11.6 Å². The molecule has 0 radical (unpaired) electrons. The lowest BCUT2D eigenvalue weighted by Crippen LogP contribution is -2.49. The van der Waals surface area contributed by atoms with Crippen molar-refractivity contribution in [1.29, 1.82) is 0 Å². The van der Waals surface area contributed by atoms with Crippen molar-refractivity contribution >= 4 is 46.8 Å². The van der Waals surface area contributed by atoms with Crippen LogP contribution in [-0.2, 0) is 30.3 Å². The normalized spacial score (nSPS) is 23.8. The van der Waals surface area contributed by atoms with Crippen molar-refractivity contribution in [3.8, 4) is 5.75 Å².